The summed E-state index contributed by atoms with van der Waals surface area (Å²) in [6, 6.07) is 50.0. The highest BCUT2D eigenvalue weighted by molar-refractivity contribution is 7.95. The molecule has 0 saturated heterocycles. The fourth-order valence-corrected chi connectivity index (χ4v) is 9.94. The molecule has 0 spiro atoms. The summed E-state index contributed by atoms with van der Waals surface area (Å²) in [6.45, 7) is 2.16. The number of aryl methyl sites for hydroxylation is 1. The van der Waals surface area contributed by atoms with Crippen LogP contribution in [0.1, 0.15) is 11.1 Å². The van der Waals surface area contributed by atoms with E-state index in [2.05, 4.69) is 146 Å². The summed E-state index contributed by atoms with van der Waals surface area (Å²) in [6.07, 6.45) is 0.793. The molecule has 0 aliphatic rings. The molecule has 184 valence electrons. The predicted molar refractivity (Wildman–Crippen MR) is 166 cm³/mol. The third kappa shape index (κ3) is 4.54. The van der Waals surface area contributed by atoms with Crippen LogP contribution in [0.25, 0.3) is 22.0 Å². The molecule has 0 radical (unpaired) electrons. The van der Waals surface area contributed by atoms with E-state index in [1.54, 1.807) is 0 Å². The molecule has 0 aliphatic heterocycles. The van der Waals surface area contributed by atoms with Crippen LogP contribution in [0, 0.1) is 6.92 Å². The van der Waals surface area contributed by atoms with Crippen molar-refractivity contribution < 1.29 is 0 Å². The molecule has 0 atom stereocenters. The molecular formula is C35H28ClNP+. The van der Waals surface area contributed by atoms with Gasteiger partial charge in [-0.15, -0.1) is 0 Å². The number of aromatic nitrogens is 1. The van der Waals surface area contributed by atoms with E-state index < -0.39 is 7.26 Å². The normalized spacial score (nSPS) is 11.5. The summed E-state index contributed by atoms with van der Waals surface area (Å²) in [5.41, 5.74) is 5.69. The number of fused-ring (bicyclic) bond motifs is 1. The summed E-state index contributed by atoms with van der Waals surface area (Å²) < 4.78 is 0. The van der Waals surface area contributed by atoms with Gasteiger partial charge in [0.2, 0.25) is 0 Å². The van der Waals surface area contributed by atoms with Crippen LogP contribution in [0.2, 0.25) is 5.15 Å². The second-order valence-corrected chi connectivity index (χ2v) is 13.5. The van der Waals surface area contributed by atoms with Gasteiger partial charge in [-0.05, 0) is 78.2 Å². The SMILES string of the molecule is Cc1ccccc1-c1ccc2nc(Cl)c(C[P+](c3ccccc3)(c3ccccc3)c3ccccc3)cc2c1. The van der Waals surface area contributed by atoms with Crippen molar-refractivity contribution in [2.75, 3.05) is 0 Å². The maximum absolute atomic E-state index is 6.96. The first kappa shape index (κ1) is 24.6. The van der Waals surface area contributed by atoms with E-state index in [0.717, 1.165) is 22.6 Å². The van der Waals surface area contributed by atoms with Crippen LogP contribution < -0.4 is 15.9 Å². The minimum absolute atomic E-state index is 0.577. The summed E-state index contributed by atoms with van der Waals surface area (Å²) in [4.78, 5) is 4.88. The highest BCUT2D eigenvalue weighted by Crippen LogP contribution is 2.58. The zero-order chi connectivity index (χ0) is 26.0. The van der Waals surface area contributed by atoms with Crippen LogP contribution in [0.4, 0.5) is 0 Å². The van der Waals surface area contributed by atoms with Crippen LogP contribution in [0.5, 0.6) is 0 Å². The van der Waals surface area contributed by atoms with E-state index in [4.69, 9.17) is 16.6 Å². The number of rotatable bonds is 6. The summed E-state index contributed by atoms with van der Waals surface area (Å²) in [5.74, 6) is 0. The molecule has 0 unspecified atom stereocenters. The van der Waals surface area contributed by atoms with Gasteiger partial charge in [-0.2, -0.15) is 0 Å². The Bertz CT molecular complexity index is 1600. The van der Waals surface area contributed by atoms with Crippen LogP contribution in [-0.2, 0) is 6.16 Å². The summed E-state index contributed by atoms with van der Waals surface area (Å²) >= 11 is 6.96. The lowest BCUT2D eigenvalue weighted by molar-refractivity contribution is 1.30. The average molecular weight is 529 g/mol. The Morgan fingerprint density at radius 3 is 1.68 bits per heavy atom. The monoisotopic (exact) mass is 528 g/mol. The van der Waals surface area contributed by atoms with Crippen LogP contribution in [0.3, 0.4) is 0 Å². The van der Waals surface area contributed by atoms with Crippen molar-refractivity contribution in [3.63, 3.8) is 0 Å². The molecule has 3 heteroatoms. The standard InChI is InChI=1S/C35H28ClNP/c1-26-13-11-12-20-33(26)27-21-22-34-28(23-27)24-29(35(36)37-34)25-38(30-14-5-2-6-15-30,31-16-7-3-8-17-31)32-18-9-4-10-19-32/h2-24H,25H2,1H3/q+1. The third-order valence-electron chi connectivity index (χ3n) is 7.30. The Balaban J connectivity index is 1.56. The molecule has 1 nitrogen and oxygen atoms in total. The van der Waals surface area contributed by atoms with Crippen molar-refractivity contribution in [1.29, 1.82) is 0 Å². The summed E-state index contributed by atoms with van der Waals surface area (Å²) in [7, 11) is -2.08. The first-order chi connectivity index (χ1) is 18.6. The zero-order valence-corrected chi connectivity index (χ0v) is 22.9. The van der Waals surface area contributed by atoms with Crippen LogP contribution >= 0.6 is 18.9 Å². The Morgan fingerprint density at radius 1 is 0.605 bits per heavy atom. The lowest BCUT2D eigenvalue weighted by atomic mass is 9.99. The Kier molecular flexibility index (Phi) is 6.81. The maximum Gasteiger partial charge on any atom is 0.136 e. The van der Waals surface area contributed by atoms with Gasteiger partial charge in [0.05, 0.1) is 5.52 Å². The second-order valence-electron chi connectivity index (χ2n) is 9.64. The van der Waals surface area contributed by atoms with Gasteiger partial charge in [-0.1, -0.05) is 96.5 Å². The van der Waals surface area contributed by atoms with Gasteiger partial charge in [0.1, 0.15) is 34.5 Å². The van der Waals surface area contributed by atoms with Gasteiger partial charge < -0.3 is 0 Å². The van der Waals surface area contributed by atoms with Gasteiger partial charge in [0, 0.05) is 10.9 Å². The van der Waals surface area contributed by atoms with Crippen molar-refractivity contribution in [2.24, 2.45) is 0 Å². The minimum atomic E-state index is -2.08. The third-order valence-corrected chi connectivity index (χ3v) is 12.0. The average Bonchev–Trinajstić information content (AvgIpc) is 2.97. The van der Waals surface area contributed by atoms with E-state index in [0.29, 0.717) is 5.15 Å². The van der Waals surface area contributed by atoms with E-state index in [-0.39, 0.29) is 0 Å². The highest BCUT2D eigenvalue weighted by atomic mass is 35.5. The molecule has 0 aliphatic carbocycles. The van der Waals surface area contributed by atoms with Gasteiger partial charge in [-0.3, -0.25) is 0 Å². The molecule has 38 heavy (non-hydrogen) atoms. The Labute approximate surface area is 230 Å². The number of hydrogen-bond acceptors (Lipinski definition) is 1. The smallest absolute Gasteiger partial charge is 0.136 e. The molecule has 1 heterocycles. The molecule has 6 rings (SSSR count). The number of nitrogens with zero attached hydrogens (tertiary/aromatic N) is 1. The van der Waals surface area contributed by atoms with E-state index in [1.807, 2.05) is 0 Å². The van der Waals surface area contributed by atoms with E-state index >= 15 is 0 Å². The van der Waals surface area contributed by atoms with E-state index in [9.17, 15) is 0 Å². The van der Waals surface area contributed by atoms with Crippen LogP contribution in [0.15, 0.2) is 140 Å². The molecular weight excluding hydrogens is 501 g/mol. The molecule has 0 amide bonds. The Hall–Kier alpha value is -3.77. The lowest BCUT2D eigenvalue weighted by Gasteiger charge is -2.28. The first-order valence-electron chi connectivity index (χ1n) is 12.9. The number of halogens is 1. The fraction of sp³-hybridized carbons (Fsp3) is 0.0571. The highest BCUT2D eigenvalue weighted by Gasteiger charge is 2.46. The topological polar surface area (TPSA) is 12.9 Å². The summed E-state index contributed by atoms with van der Waals surface area (Å²) in [5, 5.41) is 5.69. The van der Waals surface area contributed by atoms with Gasteiger partial charge in [-0.25, -0.2) is 4.98 Å². The molecule has 5 aromatic carbocycles. The minimum Gasteiger partial charge on any atom is -0.236 e. The number of hydrogen-bond donors (Lipinski definition) is 0. The number of pyridine rings is 1. The molecule has 0 fully saturated rings. The maximum atomic E-state index is 6.96. The number of benzene rings is 5. The molecule has 0 N–H and O–H groups in total. The molecule has 0 saturated carbocycles. The van der Waals surface area contributed by atoms with Crippen molar-refractivity contribution in [2.45, 2.75) is 13.1 Å². The van der Waals surface area contributed by atoms with Gasteiger partial charge in [0.25, 0.3) is 0 Å². The van der Waals surface area contributed by atoms with Gasteiger partial charge in [0.15, 0.2) is 0 Å². The van der Waals surface area contributed by atoms with E-state index in [1.165, 1.54) is 32.6 Å². The Morgan fingerprint density at radius 2 is 1.13 bits per heavy atom. The van der Waals surface area contributed by atoms with Crippen molar-refractivity contribution >= 4 is 45.7 Å². The van der Waals surface area contributed by atoms with Gasteiger partial charge >= 0.3 is 0 Å². The second kappa shape index (κ2) is 10.5. The first-order valence-corrected chi connectivity index (χ1v) is 15.2. The lowest BCUT2D eigenvalue weighted by Crippen LogP contribution is -2.32. The van der Waals surface area contributed by atoms with Crippen LogP contribution in [-0.4, -0.2) is 4.98 Å². The predicted octanol–water partition coefficient (Wildman–Crippen LogP) is 8.36. The van der Waals surface area contributed by atoms with Crippen molar-refractivity contribution in [3.05, 3.63) is 156 Å². The molecule has 1 aromatic heterocycles. The molecule has 6 aromatic rings. The largest absolute Gasteiger partial charge is 0.236 e. The van der Waals surface area contributed by atoms with Crippen molar-refractivity contribution in [3.8, 4) is 11.1 Å². The zero-order valence-electron chi connectivity index (χ0n) is 21.3. The fourth-order valence-electron chi connectivity index (χ4n) is 5.40. The molecule has 0 bridgehead atoms. The van der Waals surface area contributed by atoms with Crippen molar-refractivity contribution in [1.82, 2.24) is 4.98 Å². The quantitative estimate of drug-likeness (QED) is 0.156.